The SMILES string of the molecule is O=S(=O)(NCC(c1ccco1)c1ccco1)c1ccc(F)c(Cl)c1. The van der Waals surface area contributed by atoms with Crippen LogP contribution in [0.5, 0.6) is 0 Å². The molecular formula is C16H13ClFNO4S. The van der Waals surface area contributed by atoms with E-state index >= 15 is 0 Å². The molecule has 3 rings (SSSR count). The van der Waals surface area contributed by atoms with E-state index in [1.165, 1.54) is 12.5 Å². The number of halogens is 2. The summed E-state index contributed by atoms with van der Waals surface area (Å²) in [5, 5.41) is -0.258. The molecule has 0 unspecified atom stereocenters. The van der Waals surface area contributed by atoms with Crippen molar-refractivity contribution in [2.24, 2.45) is 0 Å². The second kappa shape index (κ2) is 6.80. The highest BCUT2D eigenvalue weighted by molar-refractivity contribution is 7.89. The van der Waals surface area contributed by atoms with Crippen LogP contribution in [0.25, 0.3) is 0 Å². The topological polar surface area (TPSA) is 72.5 Å². The standard InChI is InChI=1S/C16H13ClFNO4S/c17-13-9-11(5-6-14(13)18)24(20,21)19-10-12(15-3-1-7-22-15)16-4-2-8-23-16/h1-9,12,19H,10H2. The van der Waals surface area contributed by atoms with Gasteiger partial charge in [0.2, 0.25) is 10.0 Å². The predicted molar refractivity (Wildman–Crippen MR) is 85.9 cm³/mol. The van der Waals surface area contributed by atoms with Gasteiger partial charge in [0, 0.05) is 6.54 Å². The van der Waals surface area contributed by atoms with Crippen molar-refractivity contribution in [2.75, 3.05) is 6.54 Å². The number of hydrogen-bond acceptors (Lipinski definition) is 4. The molecule has 0 aliphatic carbocycles. The average molecular weight is 370 g/mol. The summed E-state index contributed by atoms with van der Waals surface area (Å²) in [5.74, 6) is 0.00920. The van der Waals surface area contributed by atoms with Gasteiger partial charge in [-0.3, -0.25) is 0 Å². The molecule has 0 amide bonds. The van der Waals surface area contributed by atoms with Crippen molar-refractivity contribution in [3.8, 4) is 0 Å². The minimum atomic E-state index is -3.86. The molecule has 5 nitrogen and oxygen atoms in total. The lowest BCUT2D eigenvalue weighted by Crippen LogP contribution is -2.28. The largest absolute Gasteiger partial charge is 0.469 e. The zero-order valence-corrected chi connectivity index (χ0v) is 13.9. The molecule has 3 aromatic rings. The van der Waals surface area contributed by atoms with Gasteiger partial charge < -0.3 is 8.83 Å². The Labute approximate surface area is 143 Å². The first kappa shape index (κ1) is 16.8. The van der Waals surface area contributed by atoms with E-state index in [4.69, 9.17) is 20.4 Å². The van der Waals surface area contributed by atoms with Gasteiger partial charge in [0.25, 0.3) is 0 Å². The van der Waals surface area contributed by atoms with Gasteiger partial charge in [-0.2, -0.15) is 0 Å². The molecule has 126 valence electrons. The summed E-state index contributed by atoms with van der Waals surface area (Å²) >= 11 is 5.65. The molecule has 0 saturated heterocycles. The summed E-state index contributed by atoms with van der Waals surface area (Å²) in [5.41, 5.74) is 0. The van der Waals surface area contributed by atoms with E-state index in [9.17, 15) is 12.8 Å². The van der Waals surface area contributed by atoms with E-state index in [-0.39, 0.29) is 16.5 Å². The van der Waals surface area contributed by atoms with Crippen LogP contribution in [0.4, 0.5) is 4.39 Å². The molecule has 0 spiro atoms. The highest BCUT2D eigenvalue weighted by atomic mass is 35.5. The maximum absolute atomic E-state index is 13.2. The fraction of sp³-hybridized carbons (Fsp3) is 0.125. The van der Waals surface area contributed by atoms with Crippen molar-refractivity contribution < 1.29 is 21.6 Å². The number of rotatable bonds is 6. The predicted octanol–water partition coefficient (Wildman–Crippen LogP) is 3.78. The number of nitrogens with one attached hydrogen (secondary N) is 1. The van der Waals surface area contributed by atoms with Crippen molar-refractivity contribution in [3.63, 3.8) is 0 Å². The lowest BCUT2D eigenvalue weighted by Gasteiger charge is -2.14. The minimum absolute atomic E-state index is 0.0123. The number of benzene rings is 1. The summed E-state index contributed by atoms with van der Waals surface area (Å²) in [6.45, 7) is 0.0123. The normalized spacial score (nSPS) is 12.0. The Bertz CT molecular complexity index is 873. The van der Waals surface area contributed by atoms with Crippen LogP contribution in [0.2, 0.25) is 5.02 Å². The van der Waals surface area contributed by atoms with Crippen molar-refractivity contribution in [2.45, 2.75) is 10.8 Å². The molecule has 0 aliphatic rings. The Kier molecular flexibility index (Phi) is 4.75. The van der Waals surface area contributed by atoms with Crippen LogP contribution in [0.3, 0.4) is 0 Å². The molecular weight excluding hydrogens is 357 g/mol. The third-order valence-corrected chi connectivity index (χ3v) is 5.16. The van der Waals surface area contributed by atoms with Gasteiger partial charge in [0.1, 0.15) is 17.3 Å². The van der Waals surface area contributed by atoms with Crippen LogP contribution in [-0.4, -0.2) is 15.0 Å². The molecule has 1 aromatic carbocycles. The van der Waals surface area contributed by atoms with E-state index in [0.717, 1.165) is 18.2 Å². The van der Waals surface area contributed by atoms with Gasteiger partial charge in [-0.05, 0) is 42.5 Å². The third-order valence-electron chi connectivity index (χ3n) is 3.45. The fourth-order valence-corrected chi connectivity index (χ4v) is 3.56. The van der Waals surface area contributed by atoms with Gasteiger partial charge in [-0.25, -0.2) is 17.5 Å². The van der Waals surface area contributed by atoms with Crippen LogP contribution in [-0.2, 0) is 10.0 Å². The van der Waals surface area contributed by atoms with E-state index < -0.39 is 21.8 Å². The Morgan fingerprint density at radius 1 is 1.08 bits per heavy atom. The van der Waals surface area contributed by atoms with Gasteiger partial charge in [-0.15, -0.1) is 0 Å². The molecule has 0 atom stereocenters. The van der Waals surface area contributed by atoms with Crippen LogP contribution >= 0.6 is 11.6 Å². The molecule has 0 aliphatic heterocycles. The number of hydrogen-bond donors (Lipinski definition) is 1. The minimum Gasteiger partial charge on any atom is -0.469 e. The second-order valence-electron chi connectivity index (χ2n) is 5.01. The monoisotopic (exact) mass is 369 g/mol. The fourth-order valence-electron chi connectivity index (χ4n) is 2.24. The summed E-state index contributed by atoms with van der Waals surface area (Å²) in [7, 11) is -3.86. The van der Waals surface area contributed by atoms with Crippen LogP contribution in [0.15, 0.2) is 68.7 Å². The van der Waals surface area contributed by atoms with Gasteiger partial charge >= 0.3 is 0 Å². The van der Waals surface area contributed by atoms with E-state index in [2.05, 4.69) is 4.72 Å². The number of furan rings is 2. The first-order valence-electron chi connectivity index (χ1n) is 6.99. The smallest absolute Gasteiger partial charge is 0.240 e. The lowest BCUT2D eigenvalue weighted by atomic mass is 10.0. The quantitative estimate of drug-likeness (QED) is 0.717. The molecule has 24 heavy (non-hydrogen) atoms. The molecule has 1 N–H and O–H groups in total. The van der Waals surface area contributed by atoms with Crippen molar-refractivity contribution in [1.29, 1.82) is 0 Å². The van der Waals surface area contributed by atoms with Crippen LogP contribution in [0, 0.1) is 5.82 Å². The van der Waals surface area contributed by atoms with Crippen molar-refractivity contribution in [1.82, 2.24) is 4.72 Å². The molecule has 8 heteroatoms. The summed E-state index contributed by atoms with van der Waals surface area (Å²) in [4.78, 5) is -0.119. The molecule has 0 fully saturated rings. The molecule has 0 radical (unpaired) electrons. The van der Waals surface area contributed by atoms with Gasteiger partial charge in [-0.1, -0.05) is 11.6 Å². The summed E-state index contributed by atoms with van der Waals surface area (Å²) in [6.07, 6.45) is 3.00. The summed E-state index contributed by atoms with van der Waals surface area (Å²) in [6, 6.07) is 10.1. The van der Waals surface area contributed by atoms with E-state index in [1.54, 1.807) is 24.3 Å². The summed E-state index contributed by atoms with van der Waals surface area (Å²) < 4.78 is 51.2. The van der Waals surface area contributed by atoms with Crippen molar-refractivity contribution >= 4 is 21.6 Å². The Balaban J connectivity index is 1.82. The molecule has 2 heterocycles. The highest BCUT2D eigenvalue weighted by Crippen LogP contribution is 2.26. The second-order valence-corrected chi connectivity index (χ2v) is 7.19. The Morgan fingerprint density at radius 2 is 1.71 bits per heavy atom. The van der Waals surface area contributed by atoms with Gasteiger partial charge in [0.15, 0.2) is 0 Å². The molecule has 0 saturated carbocycles. The first-order chi connectivity index (χ1) is 11.5. The van der Waals surface area contributed by atoms with E-state index in [0.29, 0.717) is 11.5 Å². The van der Waals surface area contributed by atoms with Crippen molar-refractivity contribution in [3.05, 3.63) is 77.4 Å². The Hall–Kier alpha value is -2.09. The molecule has 2 aromatic heterocycles. The maximum atomic E-state index is 13.2. The van der Waals surface area contributed by atoms with Crippen LogP contribution < -0.4 is 4.72 Å². The average Bonchev–Trinajstić information content (AvgIpc) is 3.24. The van der Waals surface area contributed by atoms with Gasteiger partial charge in [0.05, 0.1) is 28.4 Å². The zero-order valence-electron chi connectivity index (χ0n) is 12.3. The molecule has 0 bridgehead atoms. The lowest BCUT2D eigenvalue weighted by molar-refractivity contribution is 0.424. The third kappa shape index (κ3) is 3.53. The first-order valence-corrected chi connectivity index (χ1v) is 8.85. The van der Waals surface area contributed by atoms with E-state index in [1.807, 2.05) is 0 Å². The Morgan fingerprint density at radius 3 is 2.21 bits per heavy atom. The van der Waals surface area contributed by atoms with Crippen LogP contribution in [0.1, 0.15) is 17.4 Å². The highest BCUT2D eigenvalue weighted by Gasteiger charge is 2.23. The number of sulfonamides is 1. The maximum Gasteiger partial charge on any atom is 0.240 e. The zero-order chi connectivity index (χ0) is 17.2.